The summed E-state index contributed by atoms with van der Waals surface area (Å²) in [7, 11) is 0. The van der Waals surface area contributed by atoms with Crippen molar-refractivity contribution in [3.05, 3.63) is 63.2 Å². The zero-order valence-electron chi connectivity index (χ0n) is 28.7. The van der Waals surface area contributed by atoms with E-state index in [9.17, 15) is 34.1 Å². The Morgan fingerprint density at radius 1 is 0.776 bits per heavy atom. The number of benzene rings is 2. The molecule has 2 rings (SSSR count). The van der Waals surface area contributed by atoms with Crippen molar-refractivity contribution in [2.45, 2.75) is 98.7 Å². The summed E-state index contributed by atoms with van der Waals surface area (Å²) in [6.07, 6.45) is 0.927. The molecule has 1 atom stereocenters. The molecule has 0 spiro atoms. The molecule has 14 nitrogen and oxygen atoms in total. The molecule has 0 N–H and O–H groups in total. The molecule has 0 bridgehead atoms. The van der Waals surface area contributed by atoms with Crippen LogP contribution in [0.4, 0.5) is 10.5 Å². The van der Waals surface area contributed by atoms with Crippen LogP contribution >= 0.6 is 0 Å². The summed E-state index contributed by atoms with van der Waals surface area (Å²) in [5, 5.41) is 10.8. The zero-order valence-corrected chi connectivity index (χ0v) is 28.7. The first-order chi connectivity index (χ1) is 23.3. The molecular formula is C35H45NO13. The van der Waals surface area contributed by atoms with Crippen LogP contribution in [0.5, 0.6) is 11.5 Å². The molecule has 0 saturated carbocycles. The lowest BCUT2D eigenvalue weighted by Crippen LogP contribution is -2.31. The number of rotatable bonds is 20. The van der Waals surface area contributed by atoms with E-state index < -0.39 is 41.1 Å². The van der Waals surface area contributed by atoms with E-state index in [0.29, 0.717) is 48.1 Å². The Morgan fingerprint density at radius 3 is 1.88 bits per heavy atom. The summed E-state index contributed by atoms with van der Waals surface area (Å²) < 4.78 is 31.6. The van der Waals surface area contributed by atoms with E-state index >= 15 is 0 Å². The summed E-state index contributed by atoms with van der Waals surface area (Å²) in [4.78, 5) is 71.0. The van der Waals surface area contributed by atoms with Gasteiger partial charge in [-0.25, -0.2) is 4.79 Å². The number of nitro groups is 1. The van der Waals surface area contributed by atoms with Crippen LogP contribution in [-0.4, -0.2) is 54.3 Å². The van der Waals surface area contributed by atoms with Crippen molar-refractivity contribution in [2.24, 2.45) is 5.92 Å². The minimum absolute atomic E-state index is 0.0561. The van der Waals surface area contributed by atoms with Crippen molar-refractivity contribution in [2.75, 3.05) is 13.2 Å². The predicted octanol–water partition coefficient (Wildman–Crippen LogP) is 6.63. The third-order valence-electron chi connectivity index (χ3n) is 7.00. The van der Waals surface area contributed by atoms with Crippen LogP contribution in [0.25, 0.3) is 0 Å². The molecule has 0 radical (unpaired) electrons. The van der Waals surface area contributed by atoms with Crippen LogP contribution in [0.1, 0.15) is 88.8 Å². The number of nitrogens with zero attached hydrogens (tertiary/aromatic N) is 1. The van der Waals surface area contributed by atoms with Gasteiger partial charge in [0.05, 0.1) is 4.92 Å². The minimum atomic E-state index is -0.984. The maximum Gasteiger partial charge on any atom is 0.514 e. The standard InChI is InChI=1S/C35H45NO13/c1-6-9-30(37)44-21-29(22-45-31(38)10-7-2)47-33(40)17-23(3)11-8-12-32(39)49-34-24(4)18-26(19-25(34)5)20-46-35(41)48-28-15-13-27(14-16-28)36(42)43/h13-16,18-19,23,29H,6-12,17,20-22H2,1-5H3. The summed E-state index contributed by atoms with van der Waals surface area (Å²) in [5.74, 6) is -1.48. The summed E-state index contributed by atoms with van der Waals surface area (Å²) >= 11 is 0. The average molecular weight is 688 g/mol. The van der Waals surface area contributed by atoms with Crippen molar-refractivity contribution in [1.82, 2.24) is 0 Å². The number of ether oxygens (including phenoxy) is 6. The second-order valence-corrected chi connectivity index (χ2v) is 11.6. The van der Waals surface area contributed by atoms with Crippen LogP contribution < -0.4 is 9.47 Å². The molecule has 0 aliphatic carbocycles. The number of aryl methyl sites for hydroxylation is 2. The fourth-order valence-corrected chi connectivity index (χ4v) is 4.61. The smallest absolute Gasteiger partial charge is 0.462 e. The number of carbonyl (C=O) groups is 5. The summed E-state index contributed by atoms with van der Waals surface area (Å²) in [5.41, 5.74) is 1.81. The maximum absolute atomic E-state index is 12.6. The van der Waals surface area contributed by atoms with Gasteiger partial charge in [-0.1, -0.05) is 20.8 Å². The highest BCUT2D eigenvalue weighted by Crippen LogP contribution is 2.26. The monoisotopic (exact) mass is 687 g/mol. The first-order valence-corrected chi connectivity index (χ1v) is 16.2. The third kappa shape index (κ3) is 15.6. The fourth-order valence-electron chi connectivity index (χ4n) is 4.61. The highest BCUT2D eigenvalue weighted by atomic mass is 16.7. The van der Waals surface area contributed by atoms with E-state index in [4.69, 9.17) is 28.4 Å². The van der Waals surface area contributed by atoms with E-state index in [2.05, 4.69) is 0 Å². The quantitative estimate of drug-likeness (QED) is 0.0361. The second kappa shape index (κ2) is 21.1. The molecule has 2 aromatic rings. The number of non-ortho nitro benzene ring substituents is 1. The van der Waals surface area contributed by atoms with Gasteiger partial charge in [0, 0.05) is 37.8 Å². The normalized spacial score (nSPS) is 11.3. The lowest BCUT2D eigenvalue weighted by molar-refractivity contribution is -0.384. The van der Waals surface area contributed by atoms with Crippen molar-refractivity contribution < 1.29 is 57.3 Å². The second-order valence-electron chi connectivity index (χ2n) is 11.6. The number of esters is 4. The van der Waals surface area contributed by atoms with Gasteiger partial charge in [0.25, 0.3) is 5.69 Å². The number of carbonyl (C=O) groups excluding carboxylic acids is 5. The van der Waals surface area contributed by atoms with Gasteiger partial charge in [-0.15, -0.1) is 0 Å². The highest BCUT2D eigenvalue weighted by Gasteiger charge is 2.21. The van der Waals surface area contributed by atoms with E-state index in [1.165, 1.54) is 24.3 Å². The van der Waals surface area contributed by atoms with Gasteiger partial charge in [-0.3, -0.25) is 29.3 Å². The largest absolute Gasteiger partial charge is 0.514 e. The van der Waals surface area contributed by atoms with Gasteiger partial charge < -0.3 is 28.4 Å². The molecule has 1 unspecified atom stereocenters. The average Bonchev–Trinajstić information content (AvgIpc) is 3.03. The molecular weight excluding hydrogens is 642 g/mol. The Morgan fingerprint density at radius 2 is 1.35 bits per heavy atom. The number of hydrogen-bond acceptors (Lipinski definition) is 13. The molecule has 268 valence electrons. The molecule has 0 aromatic heterocycles. The third-order valence-corrected chi connectivity index (χ3v) is 7.00. The Hall–Kier alpha value is -5.01. The van der Waals surface area contributed by atoms with Gasteiger partial charge in [0.15, 0.2) is 6.10 Å². The van der Waals surface area contributed by atoms with Crippen LogP contribution in [0, 0.1) is 29.9 Å². The SMILES string of the molecule is CCCC(=O)OCC(COC(=O)CCC)OC(=O)CC(C)CCCC(=O)Oc1c(C)cc(COC(=O)Oc2ccc([N+](=O)[O-])cc2)cc1C. The van der Waals surface area contributed by atoms with Crippen molar-refractivity contribution in [1.29, 1.82) is 0 Å². The molecule has 0 fully saturated rings. The lowest BCUT2D eigenvalue weighted by Gasteiger charge is -2.19. The molecule has 0 aliphatic rings. The van der Waals surface area contributed by atoms with Gasteiger partial charge in [-0.2, -0.15) is 0 Å². The van der Waals surface area contributed by atoms with Gasteiger partial charge in [0.1, 0.15) is 31.3 Å². The van der Waals surface area contributed by atoms with Gasteiger partial charge in [0.2, 0.25) is 0 Å². The number of nitro benzene ring substituents is 1. The number of hydrogen-bond donors (Lipinski definition) is 0. The van der Waals surface area contributed by atoms with E-state index in [1.807, 2.05) is 20.8 Å². The van der Waals surface area contributed by atoms with Crippen LogP contribution in [-0.2, 0) is 44.7 Å². The van der Waals surface area contributed by atoms with E-state index in [0.717, 1.165) is 0 Å². The Balaban J connectivity index is 1.79. The van der Waals surface area contributed by atoms with Crippen molar-refractivity contribution in [3.8, 4) is 11.5 Å². The first-order valence-electron chi connectivity index (χ1n) is 16.2. The summed E-state index contributed by atoms with van der Waals surface area (Å²) in [6, 6.07) is 8.41. The molecule has 0 amide bonds. The van der Waals surface area contributed by atoms with E-state index in [-0.39, 0.29) is 62.9 Å². The Bertz CT molecular complexity index is 1390. The van der Waals surface area contributed by atoms with Gasteiger partial charge in [-0.05, 0) is 86.4 Å². The predicted molar refractivity (Wildman–Crippen MR) is 175 cm³/mol. The highest BCUT2D eigenvalue weighted by molar-refractivity contribution is 5.73. The van der Waals surface area contributed by atoms with Crippen LogP contribution in [0.2, 0.25) is 0 Å². The topological polar surface area (TPSA) is 184 Å². The van der Waals surface area contributed by atoms with Crippen molar-refractivity contribution >= 4 is 35.7 Å². The molecule has 0 aliphatic heterocycles. The molecule has 14 heteroatoms. The Labute approximate surface area is 285 Å². The maximum atomic E-state index is 12.6. The van der Waals surface area contributed by atoms with Crippen molar-refractivity contribution in [3.63, 3.8) is 0 Å². The van der Waals surface area contributed by atoms with Crippen LogP contribution in [0.3, 0.4) is 0 Å². The molecule has 49 heavy (non-hydrogen) atoms. The first kappa shape index (κ1) is 40.2. The molecule has 2 aromatic carbocycles. The minimum Gasteiger partial charge on any atom is -0.462 e. The fraction of sp³-hybridized carbons (Fsp3) is 0.514. The van der Waals surface area contributed by atoms with Crippen LogP contribution in [0.15, 0.2) is 36.4 Å². The van der Waals surface area contributed by atoms with Gasteiger partial charge >= 0.3 is 30.0 Å². The van der Waals surface area contributed by atoms with E-state index in [1.54, 1.807) is 26.0 Å². The summed E-state index contributed by atoms with van der Waals surface area (Å²) in [6.45, 7) is 8.49. The zero-order chi connectivity index (χ0) is 36.3. The Kier molecular flexibility index (Phi) is 17.3. The molecule has 0 heterocycles. The molecule has 0 saturated heterocycles. The lowest BCUT2D eigenvalue weighted by atomic mass is 10.0.